The topological polar surface area (TPSA) is 56.7 Å². The lowest BCUT2D eigenvalue weighted by atomic mass is 10.0. The average Bonchev–Trinajstić information content (AvgIpc) is 2.86. The number of alkyl halides is 3. The Hall–Kier alpha value is -1.89. The number of rotatable bonds is 4. The molecule has 20 heavy (non-hydrogen) atoms. The van der Waals surface area contributed by atoms with Crippen LogP contribution in [0, 0.1) is 0 Å². The third-order valence-corrected chi connectivity index (χ3v) is 3.00. The maximum absolute atomic E-state index is 12.5. The second kappa shape index (κ2) is 5.62. The number of aromatic nitrogens is 3. The summed E-state index contributed by atoms with van der Waals surface area (Å²) in [6.07, 6.45) is -1.93. The lowest BCUT2D eigenvalue weighted by Gasteiger charge is -2.14. The van der Waals surface area contributed by atoms with Crippen molar-refractivity contribution < 1.29 is 13.2 Å². The Labute approximate surface area is 114 Å². The van der Waals surface area contributed by atoms with Gasteiger partial charge in [0.2, 0.25) is 0 Å². The van der Waals surface area contributed by atoms with Crippen molar-refractivity contribution in [2.24, 2.45) is 5.73 Å². The Kier molecular flexibility index (Phi) is 4.08. The molecule has 0 bridgehead atoms. The highest BCUT2D eigenvalue weighted by molar-refractivity contribution is 5.30. The highest BCUT2D eigenvalue weighted by Crippen LogP contribution is 2.30. The minimum Gasteiger partial charge on any atom is -0.319 e. The molecule has 2 aromatic rings. The Balaban J connectivity index is 2.25. The molecular formula is C13H15F3N4. The van der Waals surface area contributed by atoms with Gasteiger partial charge in [-0.3, -0.25) is 0 Å². The molecule has 1 heterocycles. The summed E-state index contributed by atoms with van der Waals surface area (Å²) in [4.78, 5) is 0. The second-order valence-electron chi connectivity index (χ2n) is 4.48. The number of benzene rings is 1. The van der Waals surface area contributed by atoms with Gasteiger partial charge < -0.3 is 5.73 Å². The van der Waals surface area contributed by atoms with Crippen LogP contribution in [0.25, 0.3) is 0 Å². The predicted octanol–water partition coefficient (Wildman–Crippen LogP) is 2.76. The summed E-state index contributed by atoms with van der Waals surface area (Å²) in [5, 5.41) is 7.71. The molecule has 0 spiro atoms. The van der Waals surface area contributed by atoms with Gasteiger partial charge in [0, 0.05) is 6.54 Å². The number of hydrogen-bond donors (Lipinski definition) is 1. The fourth-order valence-electron chi connectivity index (χ4n) is 1.94. The standard InChI is InChI=1S/C13H15F3N4/c1-2-7-20-11(8-18-19-20)12(17)9-3-5-10(6-4-9)13(14,15)16/h3-6,8,12H,2,7,17H2,1H3. The van der Waals surface area contributed by atoms with Crippen molar-refractivity contribution in [1.29, 1.82) is 0 Å². The summed E-state index contributed by atoms with van der Waals surface area (Å²) in [7, 11) is 0. The first-order valence-corrected chi connectivity index (χ1v) is 6.24. The lowest BCUT2D eigenvalue weighted by molar-refractivity contribution is -0.137. The van der Waals surface area contributed by atoms with E-state index in [9.17, 15) is 13.2 Å². The quantitative estimate of drug-likeness (QED) is 0.939. The maximum Gasteiger partial charge on any atom is 0.416 e. The molecule has 0 saturated heterocycles. The van der Waals surface area contributed by atoms with Crippen molar-refractivity contribution in [1.82, 2.24) is 15.0 Å². The predicted molar refractivity (Wildman–Crippen MR) is 67.8 cm³/mol. The fourth-order valence-corrected chi connectivity index (χ4v) is 1.94. The first-order valence-electron chi connectivity index (χ1n) is 6.24. The van der Waals surface area contributed by atoms with Gasteiger partial charge in [-0.15, -0.1) is 5.10 Å². The molecule has 0 fully saturated rings. The average molecular weight is 284 g/mol. The summed E-state index contributed by atoms with van der Waals surface area (Å²) < 4.78 is 39.2. The molecule has 0 saturated carbocycles. The van der Waals surface area contributed by atoms with Crippen LogP contribution in [0.1, 0.15) is 36.2 Å². The van der Waals surface area contributed by atoms with Gasteiger partial charge in [-0.05, 0) is 24.1 Å². The Morgan fingerprint density at radius 3 is 2.45 bits per heavy atom. The Morgan fingerprint density at radius 1 is 1.25 bits per heavy atom. The molecule has 0 aliphatic heterocycles. The molecule has 4 nitrogen and oxygen atoms in total. The number of aryl methyl sites for hydroxylation is 1. The van der Waals surface area contributed by atoms with Crippen LogP contribution in [-0.4, -0.2) is 15.0 Å². The minimum absolute atomic E-state index is 0.543. The van der Waals surface area contributed by atoms with Crippen LogP contribution in [-0.2, 0) is 12.7 Å². The number of halogens is 3. The third kappa shape index (κ3) is 2.98. The zero-order valence-electron chi connectivity index (χ0n) is 10.9. The summed E-state index contributed by atoms with van der Waals surface area (Å²) in [5.41, 5.74) is 6.66. The number of nitrogens with zero attached hydrogens (tertiary/aromatic N) is 3. The highest BCUT2D eigenvalue weighted by atomic mass is 19.4. The third-order valence-electron chi connectivity index (χ3n) is 3.00. The van der Waals surface area contributed by atoms with Crippen LogP contribution in [0.3, 0.4) is 0 Å². The van der Waals surface area contributed by atoms with E-state index in [1.54, 1.807) is 4.68 Å². The number of hydrogen-bond acceptors (Lipinski definition) is 3. The van der Waals surface area contributed by atoms with Crippen LogP contribution in [0.5, 0.6) is 0 Å². The van der Waals surface area contributed by atoms with E-state index in [-0.39, 0.29) is 0 Å². The van der Waals surface area contributed by atoms with E-state index in [0.717, 1.165) is 18.6 Å². The lowest BCUT2D eigenvalue weighted by Crippen LogP contribution is -2.18. The van der Waals surface area contributed by atoms with Gasteiger partial charge in [0.15, 0.2) is 0 Å². The maximum atomic E-state index is 12.5. The van der Waals surface area contributed by atoms with E-state index in [1.807, 2.05) is 6.92 Å². The first kappa shape index (κ1) is 14.5. The normalized spacial score (nSPS) is 13.4. The molecule has 0 aliphatic carbocycles. The van der Waals surface area contributed by atoms with Gasteiger partial charge in [-0.1, -0.05) is 24.3 Å². The molecule has 0 radical (unpaired) electrons. The van der Waals surface area contributed by atoms with Crippen molar-refractivity contribution in [2.75, 3.05) is 0 Å². The van der Waals surface area contributed by atoms with E-state index in [4.69, 9.17) is 5.73 Å². The molecular weight excluding hydrogens is 269 g/mol. The highest BCUT2D eigenvalue weighted by Gasteiger charge is 2.30. The summed E-state index contributed by atoms with van der Waals surface area (Å²) in [5.74, 6) is 0. The largest absolute Gasteiger partial charge is 0.416 e. The second-order valence-corrected chi connectivity index (χ2v) is 4.48. The van der Waals surface area contributed by atoms with Gasteiger partial charge in [-0.2, -0.15) is 13.2 Å². The summed E-state index contributed by atoms with van der Waals surface area (Å²) in [6.45, 7) is 2.67. The SMILES string of the molecule is CCCn1nncc1C(N)c1ccc(C(F)(F)F)cc1. The molecule has 2 N–H and O–H groups in total. The minimum atomic E-state index is -4.34. The van der Waals surface area contributed by atoms with Crippen molar-refractivity contribution in [2.45, 2.75) is 32.1 Å². The van der Waals surface area contributed by atoms with E-state index in [2.05, 4.69) is 10.3 Å². The monoisotopic (exact) mass is 284 g/mol. The molecule has 0 amide bonds. The fraction of sp³-hybridized carbons (Fsp3) is 0.385. The van der Waals surface area contributed by atoms with Crippen molar-refractivity contribution in [3.8, 4) is 0 Å². The van der Waals surface area contributed by atoms with Gasteiger partial charge in [0.25, 0.3) is 0 Å². The van der Waals surface area contributed by atoms with Crippen molar-refractivity contribution in [3.63, 3.8) is 0 Å². The van der Waals surface area contributed by atoms with E-state index in [1.165, 1.54) is 18.3 Å². The molecule has 7 heteroatoms. The zero-order valence-corrected chi connectivity index (χ0v) is 10.9. The molecule has 1 atom stereocenters. The van der Waals surface area contributed by atoms with Gasteiger partial charge in [0.1, 0.15) is 0 Å². The molecule has 1 unspecified atom stereocenters. The van der Waals surface area contributed by atoms with Crippen LogP contribution < -0.4 is 5.73 Å². The van der Waals surface area contributed by atoms with Gasteiger partial charge in [0.05, 0.1) is 23.5 Å². The van der Waals surface area contributed by atoms with Crippen LogP contribution in [0.15, 0.2) is 30.5 Å². The first-order chi connectivity index (χ1) is 9.43. The van der Waals surface area contributed by atoms with Gasteiger partial charge in [-0.25, -0.2) is 4.68 Å². The van der Waals surface area contributed by atoms with Crippen LogP contribution >= 0.6 is 0 Å². The zero-order chi connectivity index (χ0) is 14.8. The molecule has 1 aromatic heterocycles. The van der Waals surface area contributed by atoms with Crippen molar-refractivity contribution in [3.05, 3.63) is 47.3 Å². The summed E-state index contributed by atoms with van der Waals surface area (Å²) in [6, 6.07) is 4.29. The Morgan fingerprint density at radius 2 is 1.90 bits per heavy atom. The molecule has 108 valence electrons. The van der Waals surface area contributed by atoms with Gasteiger partial charge >= 0.3 is 6.18 Å². The Bertz CT molecular complexity index is 560. The van der Waals surface area contributed by atoms with Crippen LogP contribution in [0.2, 0.25) is 0 Å². The number of nitrogens with two attached hydrogens (primary N) is 1. The van der Waals surface area contributed by atoms with Crippen molar-refractivity contribution >= 4 is 0 Å². The van der Waals surface area contributed by atoms with E-state index >= 15 is 0 Å². The van der Waals surface area contributed by atoms with E-state index in [0.29, 0.717) is 17.8 Å². The molecule has 1 aromatic carbocycles. The van der Waals surface area contributed by atoms with Crippen LogP contribution in [0.4, 0.5) is 13.2 Å². The van der Waals surface area contributed by atoms with E-state index < -0.39 is 17.8 Å². The molecule has 0 aliphatic rings. The summed E-state index contributed by atoms with van der Waals surface area (Å²) >= 11 is 0. The molecule has 2 rings (SSSR count). The smallest absolute Gasteiger partial charge is 0.319 e.